The van der Waals surface area contributed by atoms with Gasteiger partial charge < -0.3 is 15.2 Å². The van der Waals surface area contributed by atoms with E-state index in [0.717, 1.165) is 5.56 Å². The summed E-state index contributed by atoms with van der Waals surface area (Å²) in [5.74, 6) is 0.164. The number of aromatic hydroxyl groups is 1. The Morgan fingerprint density at radius 2 is 1.81 bits per heavy atom. The lowest BCUT2D eigenvalue weighted by Gasteiger charge is -2.16. The maximum Gasteiger partial charge on any atom is 0.262 e. The molecule has 3 aromatic rings. The third-order valence-electron chi connectivity index (χ3n) is 4.40. The molecule has 1 heterocycles. The Labute approximate surface area is 185 Å². The molecule has 3 rings (SSSR count). The molecule has 0 atom stereocenters. The lowest BCUT2D eigenvalue weighted by atomic mass is 10.1. The van der Waals surface area contributed by atoms with E-state index in [1.807, 2.05) is 13.8 Å². The van der Waals surface area contributed by atoms with Gasteiger partial charge >= 0.3 is 0 Å². The summed E-state index contributed by atoms with van der Waals surface area (Å²) in [5, 5.41) is 14.0. The Morgan fingerprint density at radius 1 is 1.16 bits per heavy atom. The van der Waals surface area contributed by atoms with Crippen molar-refractivity contribution in [1.29, 1.82) is 0 Å². The Kier molecular flexibility index (Phi) is 6.97. The summed E-state index contributed by atoms with van der Waals surface area (Å²) in [5.41, 5.74) is 0.954. The van der Waals surface area contributed by atoms with Gasteiger partial charge in [-0.2, -0.15) is 4.98 Å². The van der Waals surface area contributed by atoms with E-state index in [4.69, 9.17) is 16.3 Å². The number of benzene rings is 2. The second kappa shape index (κ2) is 9.66. The number of carbonyl (C=O) groups is 1. The lowest BCUT2D eigenvalue weighted by Crippen LogP contribution is -2.28. The van der Waals surface area contributed by atoms with Crippen molar-refractivity contribution in [1.82, 2.24) is 9.55 Å². The Balaban J connectivity index is 2.00. The molecule has 0 aliphatic rings. The van der Waals surface area contributed by atoms with E-state index in [2.05, 4.69) is 10.3 Å². The SMILES string of the molecule is CC(=O)Cc1c(O)nc(Nc2ccc(OC(C)C)cc2)n(Cc2ccc(Cl)cc2)c1=O. The van der Waals surface area contributed by atoms with Gasteiger partial charge in [0.15, 0.2) is 0 Å². The summed E-state index contributed by atoms with van der Waals surface area (Å²) in [6, 6.07) is 14.2. The molecule has 1 aromatic heterocycles. The van der Waals surface area contributed by atoms with Crippen LogP contribution in [0.2, 0.25) is 5.02 Å². The number of nitrogens with one attached hydrogen (secondary N) is 1. The molecule has 31 heavy (non-hydrogen) atoms. The van der Waals surface area contributed by atoms with Gasteiger partial charge in [-0.25, -0.2) is 0 Å². The second-order valence-electron chi connectivity index (χ2n) is 7.45. The first-order valence-electron chi connectivity index (χ1n) is 9.83. The average Bonchev–Trinajstić information content (AvgIpc) is 2.70. The number of rotatable bonds is 8. The summed E-state index contributed by atoms with van der Waals surface area (Å²) >= 11 is 5.96. The number of hydrogen-bond donors (Lipinski definition) is 2. The average molecular weight is 442 g/mol. The van der Waals surface area contributed by atoms with Crippen LogP contribution in [0.1, 0.15) is 31.9 Å². The molecular weight excluding hydrogens is 418 g/mol. The van der Waals surface area contributed by atoms with Gasteiger partial charge in [-0.05, 0) is 62.7 Å². The highest BCUT2D eigenvalue weighted by molar-refractivity contribution is 6.30. The van der Waals surface area contributed by atoms with Crippen LogP contribution in [0.25, 0.3) is 0 Å². The quantitative estimate of drug-likeness (QED) is 0.541. The second-order valence-corrected chi connectivity index (χ2v) is 7.89. The lowest BCUT2D eigenvalue weighted by molar-refractivity contribution is -0.116. The molecule has 0 radical (unpaired) electrons. The van der Waals surface area contributed by atoms with E-state index in [-0.39, 0.29) is 36.4 Å². The maximum absolute atomic E-state index is 13.1. The molecule has 0 saturated carbocycles. The van der Waals surface area contributed by atoms with Crippen LogP contribution >= 0.6 is 11.6 Å². The van der Waals surface area contributed by atoms with Crippen LogP contribution in [0, 0.1) is 0 Å². The smallest absolute Gasteiger partial charge is 0.262 e. The number of carbonyl (C=O) groups excluding carboxylic acids is 1. The Morgan fingerprint density at radius 3 is 2.39 bits per heavy atom. The fourth-order valence-corrected chi connectivity index (χ4v) is 3.15. The van der Waals surface area contributed by atoms with Crippen molar-refractivity contribution in [3.63, 3.8) is 0 Å². The molecule has 2 aromatic carbocycles. The zero-order chi connectivity index (χ0) is 22.5. The Bertz CT molecular complexity index is 1120. The number of aromatic nitrogens is 2. The van der Waals surface area contributed by atoms with Gasteiger partial charge in [0.25, 0.3) is 5.56 Å². The van der Waals surface area contributed by atoms with E-state index in [1.54, 1.807) is 48.5 Å². The van der Waals surface area contributed by atoms with E-state index < -0.39 is 11.4 Å². The van der Waals surface area contributed by atoms with Crippen LogP contribution in [0.4, 0.5) is 11.6 Å². The summed E-state index contributed by atoms with van der Waals surface area (Å²) in [7, 11) is 0. The monoisotopic (exact) mass is 441 g/mol. The molecule has 0 aliphatic carbocycles. The van der Waals surface area contributed by atoms with Gasteiger partial charge in [0.05, 0.1) is 18.2 Å². The first kappa shape index (κ1) is 22.4. The van der Waals surface area contributed by atoms with Gasteiger partial charge in [-0.3, -0.25) is 14.2 Å². The van der Waals surface area contributed by atoms with Crippen molar-refractivity contribution in [2.45, 2.75) is 39.8 Å². The van der Waals surface area contributed by atoms with Crippen LogP contribution in [-0.2, 0) is 17.8 Å². The first-order valence-corrected chi connectivity index (χ1v) is 10.2. The van der Waals surface area contributed by atoms with Crippen molar-refractivity contribution in [2.24, 2.45) is 0 Å². The highest BCUT2D eigenvalue weighted by Gasteiger charge is 2.18. The van der Waals surface area contributed by atoms with Gasteiger partial charge in [0, 0.05) is 17.1 Å². The van der Waals surface area contributed by atoms with Crippen LogP contribution in [0.5, 0.6) is 11.6 Å². The number of Topliss-reactive ketones (excluding diaryl/α,β-unsaturated/α-hetero) is 1. The van der Waals surface area contributed by atoms with Crippen LogP contribution < -0.4 is 15.6 Å². The largest absolute Gasteiger partial charge is 0.493 e. The van der Waals surface area contributed by atoms with Crippen LogP contribution in [0.3, 0.4) is 0 Å². The van der Waals surface area contributed by atoms with Crippen molar-refractivity contribution < 1.29 is 14.6 Å². The van der Waals surface area contributed by atoms with Crippen LogP contribution in [0.15, 0.2) is 53.3 Å². The third-order valence-corrected chi connectivity index (χ3v) is 4.65. The summed E-state index contributed by atoms with van der Waals surface area (Å²) in [6.45, 7) is 5.42. The predicted octanol–water partition coefficient (Wildman–Crippen LogP) is 4.31. The molecule has 0 saturated heterocycles. The summed E-state index contributed by atoms with van der Waals surface area (Å²) in [4.78, 5) is 28.9. The molecule has 0 fully saturated rings. The van der Waals surface area contributed by atoms with Gasteiger partial charge in [-0.15, -0.1) is 0 Å². The summed E-state index contributed by atoms with van der Waals surface area (Å²) in [6.07, 6.45) is -0.143. The Hall–Kier alpha value is -3.32. The minimum atomic E-state index is -0.486. The minimum Gasteiger partial charge on any atom is -0.493 e. The van der Waals surface area contributed by atoms with Crippen molar-refractivity contribution in [3.8, 4) is 11.6 Å². The van der Waals surface area contributed by atoms with E-state index in [0.29, 0.717) is 16.5 Å². The highest BCUT2D eigenvalue weighted by Crippen LogP contribution is 2.22. The molecular formula is C23H24ClN3O4. The van der Waals surface area contributed by atoms with Gasteiger partial charge in [0.2, 0.25) is 11.8 Å². The zero-order valence-electron chi connectivity index (χ0n) is 17.6. The number of halogens is 1. The summed E-state index contributed by atoms with van der Waals surface area (Å²) < 4.78 is 7.03. The highest BCUT2D eigenvalue weighted by atomic mass is 35.5. The van der Waals surface area contributed by atoms with Gasteiger partial charge in [-0.1, -0.05) is 23.7 Å². The van der Waals surface area contributed by atoms with E-state index in [9.17, 15) is 14.7 Å². The number of hydrogen-bond acceptors (Lipinski definition) is 6. The number of nitrogens with zero attached hydrogens (tertiary/aromatic N) is 2. The molecule has 0 aliphatic heterocycles. The molecule has 2 N–H and O–H groups in total. The topological polar surface area (TPSA) is 93.4 Å². The molecule has 0 bridgehead atoms. The van der Waals surface area contributed by atoms with Crippen LogP contribution in [-0.4, -0.2) is 26.5 Å². The fourth-order valence-electron chi connectivity index (χ4n) is 3.02. The predicted molar refractivity (Wildman–Crippen MR) is 121 cm³/mol. The zero-order valence-corrected chi connectivity index (χ0v) is 18.3. The minimum absolute atomic E-state index is 0.0345. The van der Waals surface area contributed by atoms with Crippen molar-refractivity contribution in [2.75, 3.05) is 5.32 Å². The number of ketones is 1. The molecule has 0 amide bonds. The maximum atomic E-state index is 13.1. The van der Waals surface area contributed by atoms with E-state index in [1.165, 1.54) is 11.5 Å². The van der Waals surface area contributed by atoms with Gasteiger partial charge in [0.1, 0.15) is 11.5 Å². The van der Waals surface area contributed by atoms with Crippen molar-refractivity contribution >= 4 is 29.0 Å². The molecule has 162 valence electrons. The molecule has 0 unspecified atom stereocenters. The number of anilines is 2. The number of ether oxygens (including phenoxy) is 1. The molecule has 8 heteroatoms. The fraction of sp³-hybridized carbons (Fsp3) is 0.261. The van der Waals surface area contributed by atoms with E-state index >= 15 is 0 Å². The molecule has 0 spiro atoms. The third kappa shape index (κ3) is 5.86. The van der Waals surface area contributed by atoms with Crippen molar-refractivity contribution in [3.05, 3.63) is 75.0 Å². The molecule has 7 nitrogen and oxygen atoms in total. The normalized spacial score (nSPS) is 10.9. The standard InChI is InChI=1S/C23H24ClN3O4/c1-14(2)31-19-10-8-18(9-11-19)25-23-26-21(29)20(12-15(3)28)22(30)27(23)13-16-4-6-17(24)7-5-16/h4-11,14,29H,12-13H2,1-3H3,(H,25,26). The first-order chi connectivity index (χ1) is 14.7.